The Hall–Kier alpha value is -1.41. The summed E-state index contributed by atoms with van der Waals surface area (Å²) >= 11 is 0. The van der Waals surface area contributed by atoms with Gasteiger partial charge in [0, 0.05) is 0 Å². The quantitative estimate of drug-likeness (QED) is 0.0215. The second-order valence-corrected chi connectivity index (χ2v) is 19.6. The number of rotatable bonds is 47. The van der Waals surface area contributed by atoms with Gasteiger partial charge in [-0.3, -0.25) is 4.79 Å². The van der Waals surface area contributed by atoms with Crippen LogP contribution in [0.15, 0.2) is 24.3 Å². The Morgan fingerprint density at radius 3 is 1.35 bits per heavy atom. The molecule has 1 saturated heterocycles. The van der Waals surface area contributed by atoms with E-state index in [9.17, 15) is 40.5 Å². The van der Waals surface area contributed by atoms with Gasteiger partial charge < -0.3 is 50.5 Å². The predicted molar refractivity (Wildman–Crippen MR) is 270 cm³/mol. The molecule has 0 aliphatic carbocycles. The predicted octanol–water partition coefficient (Wildman–Crippen LogP) is 11.0. The van der Waals surface area contributed by atoms with Gasteiger partial charge in [-0.2, -0.15) is 0 Å². The molecule has 0 radical (unpaired) electrons. The molecule has 0 bridgehead atoms. The van der Waals surface area contributed by atoms with Crippen LogP contribution in [0.3, 0.4) is 0 Å². The fourth-order valence-electron chi connectivity index (χ4n) is 8.93. The zero-order chi connectivity index (χ0) is 48.3. The highest BCUT2D eigenvalue weighted by molar-refractivity contribution is 5.80. The molecule has 0 aromatic carbocycles. The summed E-state index contributed by atoms with van der Waals surface area (Å²) in [5.74, 6) is -0.707. The number of amides is 1. The molecular formula is C55H105NO10. The molecule has 66 heavy (non-hydrogen) atoms. The second-order valence-electron chi connectivity index (χ2n) is 19.6. The van der Waals surface area contributed by atoms with Crippen molar-refractivity contribution in [2.24, 2.45) is 0 Å². The first kappa shape index (κ1) is 62.6. The number of nitrogens with one attached hydrogen (secondary N) is 1. The summed E-state index contributed by atoms with van der Waals surface area (Å²) in [6, 6.07) is -1.19. The minimum Gasteiger partial charge on any atom is -0.394 e. The largest absolute Gasteiger partial charge is 0.394 e. The molecule has 1 fully saturated rings. The molecule has 0 aromatic heterocycles. The number of hydrogen-bond donors (Lipinski definition) is 8. The maximum Gasteiger partial charge on any atom is 0.249 e. The van der Waals surface area contributed by atoms with E-state index in [0.29, 0.717) is 19.3 Å². The summed E-state index contributed by atoms with van der Waals surface area (Å²) < 4.78 is 11.1. The van der Waals surface area contributed by atoms with Crippen LogP contribution in [-0.2, 0) is 14.3 Å². The third-order valence-corrected chi connectivity index (χ3v) is 13.5. The first-order valence-corrected chi connectivity index (χ1v) is 27.7. The van der Waals surface area contributed by atoms with E-state index in [1.807, 2.05) is 0 Å². The van der Waals surface area contributed by atoms with Gasteiger partial charge in [0.25, 0.3) is 0 Å². The van der Waals surface area contributed by atoms with E-state index in [4.69, 9.17) is 9.47 Å². The first-order valence-electron chi connectivity index (χ1n) is 27.7. The van der Waals surface area contributed by atoms with Crippen LogP contribution in [0.1, 0.15) is 251 Å². The van der Waals surface area contributed by atoms with E-state index in [1.165, 1.54) is 167 Å². The summed E-state index contributed by atoms with van der Waals surface area (Å²) in [5, 5.41) is 76.0. The van der Waals surface area contributed by atoms with Crippen LogP contribution in [0, 0.1) is 0 Å². The molecule has 390 valence electrons. The normalized spacial score (nSPS) is 20.9. The topological polar surface area (TPSA) is 189 Å². The van der Waals surface area contributed by atoms with Crippen molar-refractivity contribution in [1.29, 1.82) is 0 Å². The Kier molecular flexibility index (Phi) is 42.5. The average molecular weight is 940 g/mol. The highest BCUT2D eigenvalue weighted by atomic mass is 16.7. The Morgan fingerprint density at radius 2 is 0.909 bits per heavy atom. The van der Waals surface area contributed by atoms with Gasteiger partial charge in [0.05, 0.1) is 25.4 Å². The number of hydrogen-bond acceptors (Lipinski definition) is 10. The lowest BCUT2D eigenvalue weighted by Crippen LogP contribution is -2.60. The minimum atomic E-state index is -1.67. The maximum absolute atomic E-state index is 13.2. The summed E-state index contributed by atoms with van der Waals surface area (Å²) in [5.41, 5.74) is 0. The molecule has 0 saturated carbocycles. The highest BCUT2D eigenvalue weighted by Crippen LogP contribution is 2.23. The summed E-state index contributed by atoms with van der Waals surface area (Å²) in [4.78, 5) is 13.2. The zero-order valence-corrected chi connectivity index (χ0v) is 42.4. The van der Waals surface area contributed by atoms with Crippen LogP contribution >= 0.6 is 0 Å². The van der Waals surface area contributed by atoms with Crippen molar-refractivity contribution in [2.75, 3.05) is 13.2 Å². The number of unbranched alkanes of at least 4 members (excludes halogenated alkanes) is 31. The lowest BCUT2D eigenvalue weighted by molar-refractivity contribution is -0.303. The van der Waals surface area contributed by atoms with Crippen LogP contribution < -0.4 is 5.32 Å². The molecule has 1 amide bonds. The first-order chi connectivity index (χ1) is 32.2. The van der Waals surface area contributed by atoms with E-state index in [0.717, 1.165) is 38.5 Å². The third-order valence-electron chi connectivity index (χ3n) is 13.5. The van der Waals surface area contributed by atoms with Crippen molar-refractivity contribution in [1.82, 2.24) is 5.32 Å². The third kappa shape index (κ3) is 33.2. The summed E-state index contributed by atoms with van der Waals surface area (Å²) in [6.07, 6.45) is 40.9. The molecule has 9 unspecified atom stereocenters. The van der Waals surface area contributed by atoms with E-state index in [-0.39, 0.29) is 12.8 Å². The van der Waals surface area contributed by atoms with Crippen LogP contribution in [0.2, 0.25) is 0 Å². The number of aliphatic hydroxyl groups is 7. The van der Waals surface area contributed by atoms with Crippen molar-refractivity contribution in [3.8, 4) is 0 Å². The number of carbonyl (C=O) groups excluding carboxylic acids is 1. The van der Waals surface area contributed by atoms with Gasteiger partial charge >= 0.3 is 0 Å². The van der Waals surface area contributed by atoms with Crippen molar-refractivity contribution < 1.29 is 50.0 Å². The van der Waals surface area contributed by atoms with E-state index in [2.05, 4.69) is 43.5 Å². The SMILES string of the molecule is CCCCCCCCCCC/C=C/CC/C=C/CCCC(O)C(O)C(COC1OC(CO)C(O)C(O)C1O)NC(=O)C(O)CCCCCCCCCCCCCCCCCCCCCCC. The summed E-state index contributed by atoms with van der Waals surface area (Å²) in [7, 11) is 0. The van der Waals surface area contributed by atoms with Crippen molar-refractivity contribution in [2.45, 2.75) is 306 Å². The molecule has 1 aliphatic rings. The maximum atomic E-state index is 13.2. The van der Waals surface area contributed by atoms with E-state index < -0.39 is 74.2 Å². The van der Waals surface area contributed by atoms with Gasteiger partial charge in [0.2, 0.25) is 5.91 Å². The van der Waals surface area contributed by atoms with Gasteiger partial charge in [-0.15, -0.1) is 0 Å². The minimum absolute atomic E-state index is 0.249. The van der Waals surface area contributed by atoms with Crippen molar-refractivity contribution in [3.05, 3.63) is 24.3 Å². The number of aliphatic hydroxyl groups excluding tert-OH is 7. The van der Waals surface area contributed by atoms with E-state index >= 15 is 0 Å². The summed E-state index contributed by atoms with van der Waals surface area (Å²) in [6.45, 7) is 3.45. The Labute approximate surface area is 404 Å². The van der Waals surface area contributed by atoms with Crippen LogP contribution in [0.25, 0.3) is 0 Å². The fraction of sp³-hybridized carbons (Fsp3) is 0.909. The molecule has 1 rings (SSSR count). The molecule has 0 spiro atoms. The molecule has 11 heteroatoms. The molecule has 11 nitrogen and oxygen atoms in total. The lowest BCUT2D eigenvalue weighted by Gasteiger charge is -2.40. The Balaban J connectivity index is 2.36. The number of allylic oxidation sites excluding steroid dienone is 4. The molecule has 1 aliphatic heterocycles. The van der Waals surface area contributed by atoms with Gasteiger partial charge in [0.1, 0.15) is 36.6 Å². The van der Waals surface area contributed by atoms with Gasteiger partial charge in [-0.05, 0) is 51.4 Å². The Morgan fingerprint density at radius 1 is 0.515 bits per heavy atom. The smallest absolute Gasteiger partial charge is 0.249 e. The fourth-order valence-corrected chi connectivity index (χ4v) is 8.93. The molecule has 8 N–H and O–H groups in total. The molecular weight excluding hydrogens is 835 g/mol. The zero-order valence-electron chi connectivity index (χ0n) is 42.4. The average Bonchev–Trinajstić information content (AvgIpc) is 3.32. The molecule has 1 heterocycles. The Bertz CT molecular complexity index is 1120. The van der Waals surface area contributed by atoms with E-state index in [1.54, 1.807) is 0 Å². The lowest BCUT2D eigenvalue weighted by atomic mass is 9.98. The standard InChI is InChI=1S/C55H105NO10/c1-3-5-7-9-11-13-15-17-19-21-23-24-25-27-29-31-33-35-37-39-41-43-48(59)54(64)56-46(45-65-55-53(63)52(62)51(61)49(44-57)66-55)50(60)47(58)42-40-38-36-34-32-30-28-26-22-20-18-16-14-12-10-8-6-4-2/h26,28,34,36,46-53,55,57-63H,3-25,27,29-33,35,37-45H2,1-2H3,(H,56,64)/b28-26+,36-34+. The van der Waals surface area contributed by atoms with Crippen LogP contribution in [0.5, 0.6) is 0 Å². The van der Waals surface area contributed by atoms with Gasteiger partial charge in [-0.1, -0.05) is 224 Å². The van der Waals surface area contributed by atoms with Gasteiger partial charge in [-0.25, -0.2) is 0 Å². The van der Waals surface area contributed by atoms with Gasteiger partial charge in [0.15, 0.2) is 6.29 Å². The van der Waals surface area contributed by atoms with Crippen LogP contribution in [0.4, 0.5) is 0 Å². The molecule has 0 aromatic rings. The second kappa shape index (κ2) is 44.8. The van der Waals surface area contributed by atoms with Crippen LogP contribution in [-0.4, -0.2) is 110 Å². The highest BCUT2D eigenvalue weighted by Gasteiger charge is 2.44. The number of carbonyl (C=O) groups is 1. The van der Waals surface area contributed by atoms with Crippen molar-refractivity contribution in [3.63, 3.8) is 0 Å². The number of ether oxygens (including phenoxy) is 2. The monoisotopic (exact) mass is 940 g/mol. The molecule has 9 atom stereocenters. The van der Waals surface area contributed by atoms with Crippen molar-refractivity contribution >= 4 is 5.91 Å².